The zero-order valence-electron chi connectivity index (χ0n) is 9.31. The Bertz CT molecular complexity index is 505. The van der Waals surface area contributed by atoms with Crippen molar-refractivity contribution in [2.24, 2.45) is 0 Å². The van der Waals surface area contributed by atoms with Crippen LogP contribution in [0.1, 0.15) is 18.4 Å². The topological polar surface area (TPSA) is 42.7 Å². The molecule has 17 heavy (non-hydrogen) atoms. The van der Waals surface area contributed by atoms with Crippen molar-refractivity contribution in [1.82, 2.24) is 20.1 Å². The SMILES string of the molecule is Brc1cc(-n2cncn2)ccc1CNC1CC1. The van der Waals surface area contributed by atoms with Gasteiger partial charge < -0.3 is 5.32 Å². The van der Waals surface area contributed by atoms with Crippen molar-refractivity contribution in [3.8, 4) is 5.69 Å². The van der Waals surface area contributed by atoms with Crippen LogP contribution in [-0.4, -0.2) is 20.8 Å². The molecule has 1 aromatic carbocycles. The summed E-state index contributed by atoms with van der Waals surface area (Å²) in [5.74, 6) is 0. The lowest BCUT2D eigenvalue weighted by atomic mass is 10.2. The largest absolute Gasteiger partial charge is 0.310 e. The molecule has 0 amide bonds. The van der Waals surface area contributed by atoms with Gasteiger partial charge in [-0.15, -0.1) is 0 Å². The van der Waals surface area contributed by atoms with Crippen molar-refractivity contribution in [1.29, 1.82) is 0 Å². The third-order valence-electron chi connectivity index (χ3n) is 2.88. The zero-order valence-corrected chi connectivity index (χ0v) is 10.9. The highest BCUT2D eigenvalue weighted by Gasteiger charge is 2.20. The first kappa shape index (κ1) is 10.9. The number of benzene rings is 1. The molecule has 0 atom stereocenters. The minimum absolute atomic E-state index is 0.733. The van der Waals surface area contributed by atoms with Gasteiger partial charge in [0.1, 0.15) is 12.7 Å². The number of hydrogen-bond acceptors (Lipinski definition) is 3. The second-order valence-corrected chi connectivity index (χ2v) is 5.13. The average Bonchev–Trinajstić information content (AvgIpc) is 3.00. The molecule has 0 unspecified atom stereocenters. The van der Waals surface area contributed by atoms with Crippen LogP contribution in [-0.2, 0) is 6.54 Å². The lowest BCUT2D eigenvalue weighted by molar-refractivity contribution is 0.685. The highest BCUT2D eigenvalue weighted by atomic mass is 79.9. The van der Waals surface area contributed by atoms with Crippen LogP contribution in [0.25, 0.3) is 5.69 Å². The molecule has 0 bridgehead atoms. The van der Waals surface area contributed by atoms with E-state index in [4.69, 9.17) is 0 Å². The van der Waals surface area contributed by atoms with E-state index in [2.05, 4.69) is 49.5 Å². The molecule has 0 radical (unpaired) electrons. The number of nitrogens with one attached hydrogen (secondary N) is 1. The van der Waals surface area contributed by atoms with Crippen LogP contribution in [0, 0.1) is 0 Å². The summed E-state index contributed by atoms with van der Waals surface area (Å²) < 4.78 is 2.86. The van der Waals surface area contributed by atoms with Crippen molar-refractivity contribution in [3.63, 3.8) is 0 Å². The highest BCUT2D eigenvalue weighted by molar-refractivity contribution is 9.10. The maximum Gasteiger partial charge on any atom is 0.138 e. The Labute approximate surface area is 108 Å². The fourth-order valence-corrected chi connectivity index (χ4v) is 2.21. The third kappa shape index (κ3) is 2.56. The van der Waals surface area contributed by atoms with Gasteiger partial charge in [0.2, 0.25) is 0 Å². The van der Waals surface area contributed by atoms with Gasteiger partial charge in [0.05, 0.1) is 5.69 Å². The predicted octanol–water partition coefficient (Wildman–Crippen LogP) is 2.28. The van der Waals surface area contributed by atoms with Gasteiger partial charge in [-0.05, 0) is 30.5 Å². The molecule has 1 N–H and O–H groups in total. The first-order valence-corrected chi connectivity index (χ1v) is 6.49. The van der Waals surface area contributed by atoms with E-state index in [1.165, 1.54) is 24.7 Å². The summed E-state index contributed by atoms with van der Waals surface area (Å²) in [4.78, 5) is 3.94. The van der Waals surface area contributed by atoms with E-state index in [-0.39, 0.29) is 0 Å². The Kier molecular flexibility index (Phi) is 2.94. The first-order chi connectivity index (χ1) is 8.33. The van der Waals surface area contributed by atoms with E-state index < -0.39 is 0 Å². The van der Waals surface area contributed by atoms with Gasteiger partial charge in [-0.25, -0.2) is 9.67 Å². The van der Waals surface area contributed by atoms with Crippen LogP contribution in [0.5, 0.6) is 0 Å². The molecule has 1 aromatic heterocycles. The van der Waals surface area contributed by atoms with Gasteiger partial charge in [-0.1, -0.05) is 22.0 Å². The summed E-state index contributed by atoms with van der Waals surface area (Å²) in [6, 6.07) is 6.98. The number of hydrogen-bond donors (Lipinski definition) is 1. The van der Waals surface area contributed by atoms with E-state index in [0.29, 0.717) is 0 Å². The summed E-state index contributed by atoms with van der Waals surface area (Å²) in [5.41, 5.74) is 2.30. The van der Waals surface area contributed by atoms with Gasteiger partial charge in [-0.2, -0.15) is 5.10 Å². The van der Waals surface area contributed by atoms with Crippen LogP contribution in [0.3, 0.4) is 0 Å². The molecule has 0 aliphatic heterocycles. The monoisotopic (exact) mass is 292 g/mol. The van der Waals surface area contributed by atoms with E-state index in [1.807, 2.05) is 0 Å². The smallest absolute Gasteiger partial charge is 0.138 e. The van der Waals surface area contributed by atoms with Gasteiger partial charge in [0.25, 0.3) is 0 Å². The molecule has 5 heteroatoms. The van der Waals surface area contributed by atoms with Crippen LogP contribution in [0.4, 0.5) is 0 Å². The van der Waals surface area contributed by atoms with Gasteiger partial charge in [-0.3, -0.25) is 0 Å². The van der Waals surface area contributed by atoms with Crippen molar-refractivity contribution in [2.45, 2.75) is 25.4 Å². The molecule has 0 saturated heterocycles. The lowest BCUT2D eigenvalue weighted by Crippen LogP contribution is -2.15. The van der Waals surface area contributed by atoms with E-state index >= 15 is 0 Å². The predicted molar refractivity (Wildman–Crippen MR) is 68.9 cm³/mol. The Morgan fingerprint density at radius 2 is 2.29 bits per heavy atom. The van der Waals surface area contributed by atoms with Crippen LogP contribution < -0.4 is 5.32 Å². The average molecular weight is 293 g/mol. The van der Waals surface area contributed by atoms with Crippen molar-refractivity contribution >= 4 is 15.9 Å². The quantitative estimate of drug-likeness (QED) is 0.940. The second-order valence-electron chi connectivity index (χ2n) is 4.27. The summed E-state index contributed by atoms with van der Waals surface area (Å²) in [7, 11) is 0. The number of nitrogens with zero attached hydrogens (tertiary/aromatic N) is 3. The third-order valence-corrected chi connectivity index (χ3v) is 3.62. The lowest BCUT2D eigenvalue weighted by Gasteiger charge is -2.08. The van der Waals surface area contributed by atoms with Crippen molar-refractivity contribution in [3.05, 3.63) is 40.9 Å². The Balaban J connectivity index is 1.78. The second kappa shape index (κ2) is 4.58. The number of rotatable bonds is 4. The molecule has 1 saturated carbocycles. The fraction of sp³-hybridized carbons (Fsp3) is 0.333. The summed E-state index contributed by atoms with van der Waals surface area (Å²) >= 11 is 3.60. The number of aromatic nitrogens is 3. The molecule has 1 heterocycles. The first-order valence-electron chi connectivity index (χ1n) is 5.70. The van der Waals surface area contributed by atoms with E-state index in [0.717, 1.165) is 22.7 Å². The Morgan fingerprint density at radius 1 is 1.41 bits per heavy atom. The fourth-order valence-electron chi connectivity index (χ4n) is 1.71. The minimum Gasteiger partial charge on any atom is -0.310 e. The van der Waals surface area contributed by atoms with Crippen LogP contribution in [0.15, 0.2) is 35.3 Å². The highest BCUT2D eigenvalue weighted by Crippen LogP contribution is 2.23. The number of halogens is 1. The molecule has 3 rings (SSSR count). The van der Waals surface area contributed by atoms with Crippen molar-refractivity contribution in [2.75, 3.05) is 0 Å². The Morgan fingerprint density at radius 3 is 2.94 bits per heavy atom. The summed E-state index contributed by atoms with van der Waals surface area (Å²) in [6.07, 6.45) is 5.86. The molecular weight excluding hydrogens is 280 g/mol. The normalized spacial score (nSPS) is 15.1. The maximum absolute atomic E-state index is 4.11. The molecule has 0 spiro atoms. The molecule has 1 aliphatic carbocycles. The van der Waals surface area contributed by atoms with Crippen molar-refractivity contribution < 1.29 is 0 Å². The van der Waals surface area contributed by atoms with E-state index in [1.54, 1.807) is 11.0 Å². The molecule has 4 nitrogen and oxygen atoms in total. The van der Waals surface area contributed by atoms with Crippen LogP contribution in [0.2, 0.25) is 0 Å². The molecular formula is C12H13BrN4. The Hall–Kier alpha value is -1.20. The summed E-state index contributed by atoms with van der Waals surface area (Å²) in [6.45, 7) is 0.920. The molecule has 1 fully saturated rings. The molecule has 88 valence electrons. The van der Waals surface area contributed by atoms with Gasteiger partial charge in [0.15, 0.2) is 0 Å². The maximum atomic E-state index is 4.11. The van der Waals surface area contributed by atoms with Gasteiger partial charge in [0, 0.05) is 17.1 Å². The molecule has 2 aromatic rings. The minimum atomic E-state index is 0.733. The van der Waals surface area contributed by atoms with Crippen LogP contribution >= 0.6 is 15.9 Å². The van der Waals surface area contributed by atoms with Gasteiger partial charge >= 0.3 is 0 Å². The van der Waals surface area contributed by atoms with E-state index in [9.17, 15) is 0 Å². The zero-order chi connectivity index (χ0) is 11.7. The standard InChI is InChI=1S/C12H13BrN4/c13-12-5-11(17-8-14-7-16-17)4-1-9(12)6-15-10-2-3-10/h1,4-5,7-8,10,15H,2-3,6H2. The molecule has 1 aliphatic rings. The summed E-state index contributed by atoms with van der Waals surface area (Å²) in [5, 5.41) is 7.61.